The highest BCUT2D eigenvalue weighted by atomic mass is 19.4. The Morgan fingerprint density at radius 1 is 1.15 bits per heavy atom. The van der Waals surface area contributed by atoms with Crippen LogP contribution in [0, 0.1) is 18.8 Å². The van der Waals surface area contributed by atoms with Crippen LogP contribution in [-0.2, 0) is 12.7 Å². The number of hydrogen-bond donors (Lipinski definition) is 2. The van der Waals surface area contributed by atoms with Crippen LogP contribution in [0.4, 0.5) is 24.7 Å². The monoisotopic (exact) mass is 464 g/mol. The van der Waals surface area contributed by atoms with Gasteiger partial charge in [-0.25, -0.2) is 14.6 Å². The van der Waals surface area contributed by atoms with E-state index in [0.29, 0.717) is 28.8 Å². The number of fused-ring (bicyclic) bond motifs is 1. The van der Waals surface area contributed by atoms with E-state index in [-0.39, 0.29) is 17.1 Å². The van der Waals surface area contributed by atoms with Gasteiger partial charge in [0.1, 0.15) is 17.8 Å². The molecule has 0 aliphatic carbocycles. The van der Waals surface area contributed by atoms with Crippen molar-refractivity contribution < 1.29 is 18.0 Å². The summed E-state index contributed by atoms with van der Waals surface area (Å²) in [6.45, 7) is 4.32. The molecule has 7 nitrogen and oxygen atoms in total. The lowest BCUT2D eigenvalue weighted by Crippen LogP contribution is -2.13. The first-order valence-corrected chi connectivity index (χ1v) is 10.3. The van der Waals surface area contributed by atoms with Gasteiger partial charge in [-0.15, -0.1) is 0 Å². The van der Waals surface area contributed by atoms with E-state index >= 15 is 0 Å². The Kier molecular flexibility index (Phi) is 5.94. The lowest BCUT2D eigenvalue weighted by atomic mass is 10.0. The fraction of sp³-hybridized carbons (Fsp3) is 0.167. The van der Waals surface area contributed by atoms with Gasteiger partial charge in [-0.1, -0.05) is 18.1 Å². The number of carbonyl (C=O) groups is 1. The van der Waals surface area contributed by atoms with Crippen LogP contribution in [-0.4, -0.2) is 25.7 Å². The maximum atomic E-state index is 12.9. The molecule has 10 heteroatoms. The Hall–Kier alpha value is -4.39. The molecule has 0 fully saturated rings. The number of anilines is 2. The first-order chi connectivity index (χ1) is 16.2. The number of nitrogens with one attached hydrogen (secondary N) is 1. The van der Waals surface area contributed by atoms with Crippen molar-refractivity contribution in [3.05, 3.63) is 76.7 Å². The average Bonchev–Trinajstić information content (AvgIpc) is 3.17. The van der Waals surface area contributed by atoms with Crippen molar-refractivity contribution in [2.45, 2.75) is 26.6 Å². The molecule has 2 aromatic heterocycles. The van der Waals surface area contributed by atoms with Gasteiger partial charge in [-0.05, 0) is 55.7 Å². The second-order valence-electron chi connectivity index (χ2n) is 7.43. The van der Waals surface area contributed by atoms with Gasteiger partial charge >= 0.3 is 6.18 Å². The lowest BCUT2D eigenvalue weighted by molar-refractivity contribution is -0.137. The van der Waals surface area contributed by atoms with E-state index in [1.165, 1.54) is 18.5 Å². The molecule has 2 heterocycles. The third-order valence-corrected chi connectivity index (χ3v) is 5.12. The number of halogens is 3. The first-order valence-electron chi connectivity index (χ1n) is 10.3. The highest BCUT2D eigenvalue weighted by molar-refractivity contribution is 6.04. The van der Waals surface area contributed by atoms with Gasteiger partial charge in [0, 0.05) is 23.4 Å². The summed E-state index contributed by atoms with van der Waals surface area (Å²) in [5.74, 6) is 5.70. The summed E-state index contributed by atoms with van der Waals surface area (Å²) in [6, 6.07) is 9.32. The Morgan fingerprint density at radius 2 is 1.94 bits per heavy atom. The summed E-state index contributed by atoms with van der Waals surface area (Å²) in [5, 5.41) is 7.49. The maximum absolute atomic E-state index is 12.9. The number of rotatable bonds is 3. The van der Waals surface area contributed by atoms with Gasteiger partial charge in [0.05, 0.1) is 10.9 Å². The van der Waals surface area contributed by atoms with E-state index < -0.39 is 17.6 Å². The van der Waals surface area contributed by atoms with Gasteiger partial charge in [0.15, 0.2) is 5.65 Å². The van der Waals surface area contributed by atoms with Crippen LogP contribution in [0.5, 0.6) is 0 Å². The molecular weight excluding hydrogens is 445 g/mol. The molecule has 0 spiro atoms. The predicted molar refractivity (Wildman–Crippen MR) is 122 cm³/mol. The molecular formula is C24H19F3N6O. The molecule has 0 bridgehead atoms. The molecule has 172 valence electrons. The summed E-state index contributed by atoms with van der Waals surface area (Å²) in [5.41, 5.74) is 7.81. The number of hydrogen-bond acceptors (Lipinski definition) is 5. The van der Waals surface area contributed by atoms with Crippen molar-refractivity contribution in [2.75, 3.05) is 11.1 Å². The number of carbonyl (C=O) groups excluding carboxylic acids is 1. The molecule has 1 amide bonds. The number of nitrogens with zero attached hydrogens (tertiary/aromatic N) is 4. The summed E-state index contributed by atoms with van der Waals surface area (Å²) >= 11 is 0. The zero-order chi connectivity index (χ0) is 24.5. The number of benzene rings is 2. The minimum Gasteiger partial charge on any atom is -0.383 e. The van der Waals surface area contributed by atoms with Crippen LogP contribution in [0.1, 0.15) is 39.7 Å². The Labute approximate surface area is 192 Å². The van der Waals surface area contributed by atoms with Crippen LogP contribution >= 0.6 is 0 Å². The molecule has 0 saturated heterocycles. The normalized spacial score (nSPS) is 11.2. The molecule has 34 heavy (non-hydrogen) atoms. The highest BCUT2D eigenvalue weighted by Gasteiger charge is 2.30. The van der Waals surface area contributed by atoms with Crippen molar-refractivity contribution in [2.24, 2.45) is 0 Å². The van der Waals surface area contributed by atoms with Crippen LogP contribution in [0.2, 0.25) is 0 Å². The summed E-state index contributed by atoms with van der Waals surface area (Å²) < 4.78 is 40.5. The molecule has 0 radical (unpaired) electrons. The molecule has 0 aliphatic rings. The molecule has 0 saturated carbocycles. The number of alkyl halides is 3. The number of aryl methyl sites for hydroxylation is 2. The minimum absolute atomic E-state index is 0.0417. The quantitative estimate of drug-likeness (QED) is 0.438. The number of aromatic nitrogens is 4. The van der Waals surface area contributed by atoms with Gasteiger partial charge in [0.2, 0.25) is 0 Å². The van der Waals surface area contributed by atoms with Crippen LogP contribution in [0.25, 0.3) is 11.0 Å². The van der Waals surface area contributed by atoms with Gasteiger partial charge < -0.3 is 11.1 Å². The Balaban J connectivity index is 1.64. The molecule has 0 atom stereocenters. The number of amides is 1. The summed E-state index contributed by atoms with van der Waals surface area (Å²) in [6.07, 6.45) is -3.14. The van der Waals surface area contributed by atoms with Crippen LogP contribution < -0.4 is 11.1 Å². The van der Waals surface area contributed by atoms with E-state index in [4.69, 9.17) is 5.73 Å². The van der Waals surface area contributed by atoms with E-state index in [9.17, 15) is 18.0 Å². The maximum Gasteiger partial charge on any atom is 0.416 e. The van der Waals surface area contributed by atoms with Crippen molar-refractivity contribution in [1.82, 2.24) is 19.7 Å². The van der Waals surface area contributed by atoms with E-state index in [0.717, 1.165) is 17.7 Å². The summed E-state index contributed by atoms with van der Waals surface area (Å²) in [4.78, 5) is 20.9. The van der Waals surface area contributed by atoms with Crippen molar-refractivity contribution in [1.29, 1.82) is 0 Å². The third-order valence-electron chi connectivity index (χ3n) is 5.12. The SMILES string of the molecule is CCn1nc(C#Cc2cc(C(=O)Nc3cccc(C(F)(F)F)c3)ccc2C)c2c(N)ncnc21. The standard InChI is InChI=1S/C24H19F3N6O/c1-3-33-22-20(21(28)29-13-30-22)19(32-33)10-9-15-11-16(8-7-14(15)2)23(34)31-18-6-4-5-17(12-18)24(25,26)27/h4-8,11-13H,3H2,1-2H3,(H,31,34)(H2,28,29,30). The predicted octanol–water partition coefficient (Wildman–Crippen LogP) is 4.41. The van der Waals surface area contributed by atoms with Crippen LogP contribution in [0.15, 0.2) is 48.8 Å². The summed E-state index contributed by atoms with van der Waals surface area (Å²) in [7, 11) is 0. The van der Waals surface area contributed by atoms with Gasteiger partial charge in [0.25, 0.3) is 5.91 Å². The lowest BCUT2D eigenvalue weighted by Gasteiger charge is -2.10. The van der Waals surface area contributed by atoms with Gasteiger partial charge in [-0.3, -0.25) is 4.79 Å². The molecule has 3 N–H and O–H groups in total. The zero-order valence-electron chi connectivity index (χ0n) is 18.2. The minimum atomic E-state index is -4.50. The largest absolute Gasteiger partial charge is 0.416 e. The smallest absolute Gasteiger partial charge is 0.383 e. The average molecular weight is 464 g/mol. The van der Waals surface area contributed by atoms with E-state index in [1.807, 2.05) is 13.8 Å². The second-order valence-corrected chi connectivity index (χ2v) is 7.43. The molecule has 4 aromatic rings. The number of nitrogen functional groups attached to an aromatic ring is 1. The highest BCUT2D eigenvalue weighted by Crippen LogP contribution is 2.30. The Bertz CT molecular complexity index is 1460. The van der Waals surface area contributed by atoms with Crippen molar-refractivity contribution in [3.8, 4) is 11.8 Å². The first kappa shape index (κ1) is 22.8. The van der Waals surface area contributed by atoms with E-state index in [1.54, 1.807) is 22.9 Å². The molecule has 4 rings (SSSR count). The topological polar surface area (TPSA) is 98.7 Å². The van der Waals surface area contributed by atoms with E-state index in [2.05, 4.69) is 32.2 Å². The molecule has 0 aliphatic heterocycles. The second kappa shape index (κ2) is 8.86. The number of nitrogens with two attached hydrogens (primary N) is 1. The zero-order valence-corrected chi connectivity index (χ0v) is 18.2. The fourth-order valence-corrected chi connectivity index (χ4v) is 3.34. The van der Waals surface area contributed by atoms with Crippen molar-refractivity contribution in [3.63, 3.8) is 0 Å². The third kappa shape index (κ3) is 4.54. The van der Waals surface area contributed by atoms with Crippen molar-refractivity contribution >= 4 is 28.4 Å². The molecule has 0 unspecified atom stereocenters. The van der Waals surface area contributed by atoms with Gasteiger partial charge in [-0.2, -0.15) is 18.3 Å². The van der Waals surface area contributed by atoms with Crippen LogP contribution in [0.3, 0.4) is 0 Å². The Morgan fingerprint density at radius 3 is 2.68 bits per heavy atom. The molecule has 2 aromatic carbocycles. The fourth-order valence-electron chi connectivity index (χ4n) is 3.34.